The van der Waals surface area contributed by atoms with E-state index in [4.69, 9.17) is 0 Å². The largest absolute Gasteiger partial charge is 0.392 e. The molecule has 0 saturated heterocycles. The number of aliphatic hydroxyl groups excluding tert-OH is 1. The Morgan fingerprint density at radius 3 is 2.33 bits per heavy atom. The molecule has 104 valence electrons. The van der Waals surface area contributed by atoms with E-state index >= 15 is 0 Å². The summed E-state index contributed by atoms with van der Waals surface area (Å²) in [5.74, 6) is 0.527. The van der Waals surface area contributed by atoms with Crippen LogP contribution in [0.15, 0.2) is 0 Å². The zero-order valence-corrected chi connectivity index (χ0v) is 12.5. The third-order valence-corrected chi connectivity index (χ3v) is 3.40. The van der Waals surface area contributed by atoms with Crippen molar-refractivity contribution < 1.29 is 5.11 Å². The van der Waals surface area contributed by atoms with Crippen LogP contribution in [0.5, 0.6) is 0 Å². The van der Waals surface area contributed by atoms with E-state index in [1.165, 1.54) is 11.3 Å². The molecule has 0 aliphatic heterocycles. The molecule has 4 heteroatoms. The van der Waals surface area contributed by atoms with Gasteiger partial charge in [0.2, 0.25) is 0 Å². The van der Waals surface area contributed by atoms with E-state index < -0.39 is 0 Å². The smallest absolute Gasteiger partial charge is 0.0667 e. The minimum Gasteiger partial charge on any atom is -0.392 e. The molecule has 2 atom stereocenters. The number of aromatic nitrogens is 2. The Kier molecular flexibility index (Phi) is 5.35. The van der Waals surface area contributed by atoms with Gasteiger partial charge in [-0.1, -0.05) is 13.8 Å². The van der Waals surface area contributed by atoms with Gasteiger partial charge in [-0.15, -0.1) is 0 Å². The van der Waals surface area contributed by atoms with Crippen LogP contribution in [0.4, 0.5) is 0 Å². The van der Waals surface area contributed by atoms with Crippen molar-refractivity contribution >= 4 is 0 Å². The van der Waals surface area contributed by atoms with Crippen LogP contribution in [0, 0.1) is 19.8 Å². The summed E-state index contributed by atoms with van der Waals surface area (Å²) in [5, 5.41) is 17.7. The maximum atomic E-state index is 9.88. The summed E-state index contributed by atoms with van der Waals surface area (Å²) < 4.78 is 1.91. The van der Waals surface area contributed by atoms with Gasteiger partial charge in [-0.05, 0) is 33.1 Å². The van der Waals surface area contributed by atoms with Crippen LogP contribution in [0.2, 0.25) is 0 Å². The molecule has 0 amide bonds. The summed E-state index contributed by atoms with van der Waals surface area (Å²) in [6.45, 7) is 11.1. The number of rotatable bonds is 6. The summed E-state index contributed by atoms with van der Waals surface area (Å²) in [5.41, 5.74) is 3.49. The first kappa shape index (κ1) is 15.2. The average molecular weight is 253 g/mol. The van der Waals surface area contributed by atoms with E-state index in [1.54, 1.807) is 0 Å². The lowest BCUT2D eigenvalue weighted by molar-refractivity contribution is 0.143. The number of nitrogens with zero attached hydrogens (tertiary/aromatic N) is 2. The summed E-state index contributed by atoms with van der Waals surface area (Å²) in [7, 11) is 1.96. The maximum Gasteiger partial charge on any atom is 0.0667 e. The third-order valence-electron chi connectivity index (χ3n) is 3.40. The van der Waals surface area contributed by atoms with Crippen LogP contribution in [0.1, 0.15) is 50.2 Å². The molecule has 0 aliphatic rings. The molecule has 2 N–H and O–H groups in total. The van der Waals surface area contributed by atoms with Crippen LogP contribution in [-0.2, 0) is 7.05 Å². The van der Waals surface area contributed by atoms with Gasteiger partial charge in [-0.3, -0.25) is 4.68 Å². The molecular weight excluding hydrogens is 226 g/mol. The molecule has 1 aromatic rings. The quantitative estimate of drug-likeness (QED) is 0.816. The van der Waals surface area contributed by atoms with Gasteiger partial charge in [-0.25, -0.2) is 0 Å². The van der Waals surface area contributed by atoms with Gasteiger partial charge >= 0.3 is 0 Å². The number of aliphatic hydroxyl groups is 1. The number of hydrogen-bond donors (Lipinski definition) is 2. The number of hydrogen-bond acceptors (Lipinski definition) is 3. The predicted molar refractivity (Wildman–Crippen MR) is 74.6 cm³/mol. The molecule has 0 aromatic carbocycles. The van der Waals surface area contributed by atoms with E-state index in [9.17, 15) is 5.11 Å². The highest BCUT2D eigenvalue weighted by atomic mass is 16.3. The van der Waals surface area contributed by atoms with Crippen molar-refractivity contribution in [1.29, 1.82) is 0 Å². The van der Waals surface area contributed by atoms with Gasteiger partial charge in [-0.2, -0.15) is 5.10 Å². The van der Waals surface area contributed by atoms with Crippen LogP contribution in [0.3, 0.4) is 0 Å². The lowest BCUT2D eigenvalue weighted by Gasteiger charge is -2.19. The topological polar surface area (TPSA) is 50.1 Å². The molecule has 2 unspecified atom stereocenters. The Morgan fingerprint density at radius 2 is 1.89 bits per heavy atom. The van der Waals surface area contributed by atoms with Crippen LogP contribution in [0.25, 0.3) is 0 Å². The van der Waals surface area contributed by atoms with Gasteiger partial charge in [0.25, 0.3) is 0 Å². The Bertz CT molecular complexity index is 385. The molecule has 1 rings (SSSR count). The first-order valence-electron chi connectivity index (χ1n) is 6.74. The molecule has 0 saturated carbocycles. The minimum absolute atomic E-state index is 0.223. The fourth-order valence-corrected chi connectivity index (χ4v) is 2.46. The van der Waals surface area contributed by atoms with E-state index in [-0.39, 0.29) is 12.1 Å². The third kappa shape index (κ3) is 3.82. The molecule has 1 heterocycles. The normalized spacial score (nSPS) is 15.1. The Labute approximate surface area is 110 Å². The van der Waals surface area contributed by atoms with Crippen molar-refractivity contribution in [1.82, 2.24) is 15.1 Å². The second-order valence-corrected chi connectivity index (χ2v) is 5.62. The van der Waals surface area contributed by atoms with E-state index in [1.807, 2.05) is 18.7 Å². The molecule has 0 radical (unpaired) electrons. The molecule has 18 heavy (non-hydrogen) atoms. The van der Waals surface area contributed by atoms with Crippen molar-refractivity contribution in [3.8, 4) is 0 Å². The van der Waals surface area contributed by atoms with Gasteiger partial charge in [0.05, 0.1) is 11.8 Å². The maximum absolute atomic E-state index is 9.88. The highest BCUT2D eigenvalue weighted by Crippen LogP contribution is 2.20. The summed E-state index contributed by atoms with van der Waals surface area (Å²) >= 11 is 0. The van der Waals surface area contributed by atoms with Crippen LogP contribution in [-0.4, -0.2) is 27.5 Å². The molecule has 0 aliphatic carbocycles. The fraction of sp³-hybridized carbons (Fsp3) is 0.786. The number of aryl methyl sites for hydroxylation is 2. The van der Waals surface area contributed by atoms with Crippen LogP contribution >= 0.6 is 0 Å². The first-order valence-corrected chi connectivity index (χ1v) is 6.74. The second-order valence-electron chi connectivity index (χ2n) is 5.62. The molecule has 0 bridgehead atoms. The van der Waals surface area contributed by atoms with Crippen molar-refractivity contribution in [2.45, 2.75) is 53.2 Å². The van der Waals surface area contributed by atoms with Crippen molar-refractivity contribution in [3.63, 3.8) is 0 Å². The van der Waals surface area contributed by atoms with Crippen molar-refractivity contribution in [2.24, 2.45) is 13.0 Å². The lowest BCUT2D eigenvalue weighted by atomic mass is 10.0. The van der Waals surface area contributed by atoms with Gasteiger partial charge in [0.15, 0.2) is 0 Å². The Morgan fingerprint density at radius 1 is 1.28 bits per heavy atom. The fourth-order valence-electron chi connectivity index (χ4n) is 2.46. The zero-order chi connectivity index (χ0) is 13.9. The number of nitrogens with one attached hydrogen (secondary N) is 1. The average Bonchev–Trinajstić information content (AvgIpc) is 2.49. The summed E-state index contributed by atoms with van der Waals surface area (Å²) in [6, 6.07) is 0.223. The predicted octanol–water partition coefficient (Wildman–Crippen LogP) is 2.09. The standard InChI is InChI=1S/C14H27N3O/c1-9(2)7-13(18)8-15-10(3)14-11(4)16-17(6)12(14)5/h9-10,13,15,18H,7-8H2,1-6H3. The molecular formula is C14H27N3O. The Hall–Kier alpha value is -0.870. The zero-order valence-electron chi connectivity index (χ0n) is 12.5. The molecule has 4 nitrogen and oxygen atoms in total. The second kappa shape index (κ2) is 6.34. The molecule has 0 spiro atoms. The van der Waals surface area contributed by atoms with Crippen LogP contribution < -0.4 is 5.32 Å². The highest BCUT2D eigenvalue weighted by molar-refractivity contribution is 5.27. The SMILES string of the molecule is Cc1nn(C)c(C)c1C(C)NCC(O)CC(C)C. The van der Waals surface area contributed by atoms with Gasteiger partial charge in [0, 0.05) is 30.9 Å². The monoisotopic (exact) mass is 253 g/mol. The van der Waals surface area contributed by atoms with E-state index in [0.29, 0.717) is 12.5 Å². The van der Waals surface area contributed by atoms with E-state index in [0.717, 1.165) is 12.1 Å². The first-order chi connectivity index (χ1) is 8.32. The van der Waals surface area contributed by atoms with Crippen molar-refractivity contribution in [2.75, 3.05) is 6.54 Å². The lowest BCUT2D eigenvalue weighted by Crippen LogP contribution is -2.30. The van der Waals surface area contributed by atoms with Crippen molar-refractivity contribution in [3.05, 3.63) is 17.0 Å². The van der Waals surface area contributed by atoms with Gasteiger partial charge in [0.1, 0.15) is 0 Å². The van der Waals surface area contributed by atoms with Gasteiger partial charge < -0.3 is 10.4 Å². The molecule has 1 aromatic heterocycles. The molecule has 0 fully saturated rings. The highest BCUT2D eigenvalue weighted by Gasteiger charge is 2.17. The summed E-state index contributed by atoms with van der Waals surface area (Å²) in [4.78, 5) is 0. The Balaban J connectivity index is 2.57. The summed E-state index contributed by atoms with van der Waals surface area (Å²) in [6.07, 6.45) is 0.565. The van der Waals surface area contributed by atoms with E-state index in [2.05, 4.69) is 38.1 Å². The minimum atomic E-state index is -0.273.